The van der Waals surface area contributed by atoms with E-state index in [9.17, 15) is 4.79 Å². The Morgan fingerprint density at radius 3 is 2.37 bits per heavy atom. The highest BCUT2D eigenvalue weighted by atomic mass is 32.2. The Kier molecular flexibility index (Phi) is 7.00. The summed E-state index contributed by atoms with van der Waals surface area (Å²) in [6.07, 6.45) is 6.01. The number of thioether (sulfide) groups is 1. The van der Waals surface area contributed by atoms with Gasteiger partial charge in [-0.05, 0) is 59.5 Å². The summed E-state index contributed by atoms with van der Waals surface area (Å²) in [7, 11) is 0. The average Bonchev–Trinajstić information content (AvgIpc) is 3.55. The van der Waals surface area contributed by atoms with E-state index in [1.165, 1.54) is 22.9 Å². The summed E-state index contributed by atoms with van der Waals surface area (Å²) in [5, 5.41) is 12.3. The molecule has 0 aliphatic heterocycles. The lowest BCUT2D eigenvalue weighted by molar-refractivity contribution is -0.113. The normalized spacial score (nSPS) is 10.9. The van der Waals surface area contributed by atoms with Gasteiger partial charge in [0.1, 0.15) is 0 Å². The van der Waals surface area contributed by atoms with Crippen molar-refractivity contribution in [2.24, 2.45) is 0 Å². The van der Waals surface area contributed by atoms with Gasteiger partial charge in [0, 0.05) is 18.1 Å². The number of benzene rings is 2. The van der Waals surface area contributed by atoms with E-state index < -0.39 is 0 Å². The molecule has 35 heavy (non-hydrogen) atoms. The Balaban J connectivity index is 1.23. The minimum Gasteiger partial charge on any atom is -0.461 e. The molecule has 3 heterocycles. The standard InChI is InChI=1S/C27H23N5O2S/c33-25(29-23-10-8-20(9-11-23)17-21-12-14-28-15-13-21)19-35-27-31-30-26(24-7-4-16-34-24)32(27)18-22-5-2-1-3-6-22/h1-16H,17-19H2,(H,29,33). The van der Waals surface area contributed by atoms with E-state index in [2.05, 4.69) is 20.5 Å². The quantitative estimate of drug-likeness (QED) is 0.288. The molecule has 0 saturated carbocycles. The number of nitrogens with one attached hydrogen (secondary N) is 1. The molecule has 0 saturated heterocycles. The van der Waals surface area contributed by atoms with Crippen LogP contribution in [0.2, 0.25) is 0 Å². The molecule has 5 aromatic rings. The molecule has 0 aliphatic rings. The van der Waals surface area contributed by atoms with E-state index in [1.54, 1.807) is 18.7 Å². The van der Waals surface area contributed by atoms with Crippen molar-refractivity contribution in [2.75, 3.05) is 11.1 Å². The summed E-state index contributed by atoms with van der Waals surface area (Å²) in [6.45, 7) is 0.576. The van der Waals surface area contributed by atoms with Crippen LogP contribution < -0.4 is 5.32 Å². The molecule has 0 fully saturated rings. The zero-order chi connectivity index (χ0) is 23.9. The molecule has 7 nitrogen and oxygen atoms in total. The Hall–Kier alpha value is -4.17. The van der Waals surface area contributed by atoms with Crippen LogP contribution in [-0.4, -0.2) is 31.4 Å². The van der Waals surface area contributed by atoms with Crippen molar-refractivity contribution in [1.82, 2.24) is 19.7 Å². The van der Waals surface area contributed by atoms with Crippen LogP contribution in [0, 0.1) is 0 Å². The summed E-state index contributed by atoms with van der Waals surface area (Å²) < 4.78 is 7.52. The molecule has 1 amide bonds. The molecule has 1 N–H and O–H groups in total. The fourth-order valence-electron chi connectivity index (χ4n) is 3.66. The monoisotopic (exact) mass is 481 g/mol. The van der Waals surface area contributed by atoms with Gasteiger partial charge in [-0.25, -0.2) is 0 Å². The van der Waals surface area contributed by atoms with Gasteiger partial charge < -0.3 is 9.73 Å². The molecule has 8 heteroatoms. The zero-order valence-electron chi connectivity index (χ0n) is 18.9. The van der Waals surface area contributed by atoms with Crippen molar-refractivity contribution in [3.8, 4) is 11.6 Å². The molecular weight excluding hydrogens is 458 g/mol. The number of hydrogen-bond donors (Lipinski definition) is 1. The summed E-state index contributed by atoms with van der Waals surface area (Å²) in [6, 6.07) is 25.6. The number of nitrogens with zero attached hydrogens (tertiary/aromatic N) is 4. The Morgan fingerprint density at radius 2 is 1.63 bits per heavy atom. The van der Waals surface area contributed by atoms with Crippen LogP contribution in [0.4, 0.5) is 5.69 Å². The molecule has 5 rings (SSSR count). The fourth-order valence-corrected chi connectivity index (χ4v) is 4.40. The Bertz CT molecular complexity index is 1370. The van der Waals surface area contributed by atoms with Crippen molar-refractivity contribution in [1.29, 1.82) is 0 Å². The van der Waals surface area contributed by atoms with Crippen molar-refractivity contribution in [3.63, 3.8) is 0 Å². The van der Waals surface area contributed by atoms with Crippen molar-refractivity contribution in [2.45, 2.75) is 18.1 Å². The maximum atomic E-state index is 12.7. The molecule has 2 aromatic carbocycles. The van der Waals surface area contributed by atoms with Crippen LogP contribution in [0.5, 0.6) is 0 Å². The highest BCUT2D eigenvalue weighted by Gasteiger charge is 2.18. The molecular formula is C27H23N5O2S. The lowest BCUT2D eigenvalue weighted by Crippen LogP contribution is -2.15. The molecule has 3 aromatic heterocycles. The van der Waals surface area contributed by atoms with Gasteiger partial charge in [0.25, 0.3) is 0 Å². The first-order chi connectivity index (χ1) is 17.2. The largest absolute Gasteiger partial charge is 0.461 e. The first-order valence-electron chi connectivity index (χ1n) is 11.2. The van der Waals surface area contributed by atoms with Crippen LogP contribution >= 0.6 is 11.8 Å². The number of rotatable bonds is 9. The maximum absolute atomic E-state index is 12.7. The Morgan fingerprint density at radius 1 is 0.857 bits per heavy atom. The highest BCUT2D eigenvalue weighted by molar-refractivity contribution is 7.99. The third kappa shape index (κ3) is 5.85. The first-order valence-corrected chi connectivity index (χ1v) is 12.1. The lowest BCUT2D eigenvalue weighted by atomic mass is 10.1. The van der Waals surface area contributed by atoms with Gasteiger partial charge in [-0.1, -0.05) is 54.2 Å². The summed E-state index contributed by atoms with van der Waals surface area (Å²) in [5.41, 5.74) is 4.24. The van der Waals surface area contributed by atoms with Crippen LogP contribution in [0.1, 0.15) is 16.7 Å². The minimum absolute atomic E-state index is 0.106. The van der Waals surface area contributed by atoms with Gasteiger partial charge in [-0.15, -0.1) is 10.2 Å². The summed E-state index contributed by atoms with van der Waals surface area (Å²) in [5.74, 6) is 1.37. The van der Waals surface area contributed by atoms with Gasteiger partial charge in [0.2, 0.25) is 11.7 Å². The number of pyridine rings is 1. The molecule has 0 spiro atoms. The molecule has 174 valence electrons. The van der Waals surface area contributed by atoms with E-state index in [0.29, 0.717) is 23.3 Å². The van der Waals surface area contributed by atoms with E-state index in [1.807, 2.05) is 83.4 Å². The third-order valence-corrected chi connectivity index (χ3v) is 6.34. The molecule has 0 bridgehead atoms. The van der Waals surface area contributed by atoms with Gasteiger partial charge in [-0.2, -0.15) is 0 Å². The topological polar surface area (TPSA) is 85.8 Å². The second-order valence-electron chi connectivity index (χ2n) is 7.92. The summed E-state index contributed by atoms with van der Waals surface area (Å²) >= 11 is 1.35. The van der Waals surface area contributed by atoms with Crippen LogP contribution in [0.3, 0.4) is 0 Å². The molecule has 0 aliphatic carbocycles. The van der Waals surface area contributed by atoms with Crippen molar-refractivity contribution >= 4 is 23.4 Å². The van der Waals surface area contributed by atoms with E-state index in [4.69, 9.17) is 4.42 Å². The molecule has 0 unspecified atom stereocenters. The van der Waals surface area contributed by atoms with Gasteiger partial charge in [0.15, 0.2) is 10.9 Å². The zero-order valence-corrected chi connectivity index (χ0v) is 19.7. The van der Waals surface area contributed by atoms with Crippen molar-refractivity contribution < 1.29 is 9.21 Å². The number of hydrogen-bond acceptors (Lipinski definition) is 6. The smallest absolute Gasteiger partial charge is 0.234 e. The average molecular weight is 482 g/mol. The second kappa shape index (κ2) is 10.8. The Labute approximate surface area is 207 Å². The van der Waals surface area contributed by atoms with Crippen LogP contribution in [0.25, 0.3) is 11.6 Å². The predicted molar refractivity (Wildman–Crippen MR) is 136 cm³/mol. The van der Waals surface area contributed by atoms with Gasteiger partial charge in [0.05, 0.1) is 18.6 Å². The third-order valence-electron chi connectivity index (χ3n) is 5.37. The minimum atomic E-state index is -0.106. The highest BCUT2D eigenvalue weighted by Crippen LogP contribution is 2.26. The van der Waals surface area contributed by atoms with Crippen LogP contribution in [-0.2, 0) is 17.8 Å². The van der Waals surface area contributed by atoms with Gasteiger partial charge in [-0.3, -0.25) is 14.3 Å². The predicted octanol–water partition coefficient (Wildman–Crippen LogP) is 5.30. The number of carbonyl (C=O) groups is 1. The number of furan rings is 1. The lowest BCUT2D eigenvalue weighted by Gasteiger charge is -2.10. The van der Waals surface area contributed by atoms with E-state index >= 15 is 0 Å². The van der Waals surface area contributed by atoms with E-state index in [-0.39, 0.29) is 11.7 Å². The fraction of sp³-hybridized carbons (Fsp3) is 0.111. The number of carbonyl (C=O) groups excluding carboxylic acids is 1. The molecule has 0 radical (unpaired) electrons. The second-order valence-corrected chi connectivity index (χ2v) is 8.86. The van der Waals surface area contributed by atoms with E-state index in [0.717, 1.165) is 17.7 Å². The van der Waals surface area contributed by atoms with Gasteiger partial charge >= 0.3 is 0 Å². The molecule has 0 atom stereocenters. The number of anilines is 1. The number of aromatic nitrogens is 4. The van der Waals surface area contributed by atoms with Crippen molar-refractivity contribution in [3.05, 3.63) is 114 Å². The van der Waals surface area contributed by atoms with Crippen LogP contribution in [0.15, 0.2) is 107 Å². The first kappa shape index (κ1) is 22.6. The number of amides is 1. The summed E-state index contributed by atoms with van der Waals surface area (Å²) in [4.78, 5) is 16.7. The SMILES string of the molecule is O=C(CSc1nnc(-c2ccco2)n1Cc1ccccc1)Nc1ccc(Cc2ccncc2)cc1. The maximum Gasteiger partial charge on any atom is 0.234 e.